The summed E-state index contributed by atoms with van der Waals surface area (Å²) in [7, 11) is -3.66. The third-order valence-electron chi connectivity index (χ3n) is 2.19. The van der Waals surface area contributed by atoms with E-state index in [2.05, 4.69) is 0 Å². The molecule has 1 unspecified atom stereocenters. The molecule has 88 valence electrons. The van der Waals surface area contributed by atoms with Gasteiger partial charge in [-0.3, -0.25) is 0 Å². The lowest BCUT2D eigenvalue weighted by molar-refractivity contribution is 0.193. The van der Waals surface area contributed by atoms with Crippen LogP contribution in [0.4, 0.5) is 4.79 Å². The molecule has 0 fully saturated rings. The van der Waals surface area contributed by atoms with E-state index in [9.17, 15) is 13.2 Å². The van der Waals surface area contributed by atoms with Gasteiger partial charge in [-0.25, -0.2) is 13.2 Å². The monoisotopic (exact) mass is 243 g/mol. The van der Waals surface area contributed by atoms with E-state index in [1.165, 1.54) is 13.0 Å². The van der Waals surface area contributed by atoms with Crippen LogP contribution in [0.2, 0.25) is 0 Å². The molecular weight excluding hydrogens is 230 g/mol. The van der Waals surface area contributed by atoms with Crippen LogP contribution in [0, 0.1) is 6.92 Å². The molecule has 1 amide bonds. The van der Waals surface area contributed by atoms with Crippen molar-refractivity contribution in [1.29, 1.82) is 0 Å². The summed E-state index contributed by atoms with van der Waals surface area (Å²) in [5.74, 6) is 0. The second kappa shape index (κ2) is 4.52. The van der Waals surface area contributed by atoms with E-state index in [1.807, 2.05) is 5.32 Å². The van der Waals surface area contributed by atoms with Gasteiger partial charge in [-0.2, -0.15) is 0 Å². The highest BCUT2D eigenvalue weighted by Crippen LogP contribution is 2.18. The van der Waals surface area contributed by atoms with Crippen LogP contribution < -0.4 is 5.32 Å². The SMILES string of the molecule is Cc1ccccc1S(=O)(=O)C(C)NC(=O)O. The fourth-order valence-electron chi connectivity index (χ4n) is 1.32. The van der Waals surface area contributed by atoms with Gasteiger partial charge in [0.25, 0.3) is 0 Å². The Bertz CT molecular complexity index is 495. The average molecular weight is 243 g/mol. The number of benzene rings is 1. The predicted octanol–water partition coefficient (Wildman–Crippen LogP) is 1.38. The summed E-state index contributed by atoms with van der Waals surface area (Å²) in [5, 5.41) is 9.26. The van der Waals surface area contributed by atoms with Crippen LogP contribution in [-0.4, -0.2) is 25.0 Å². The van der Waals surface area contributed by atoms with Crippen LogP contribution in [0.25, 0.3) is 0 Å². The Morgan fingerprint density at radius 3 is 2.44 bits per heavy atom. The average Bonchev–Trinajstić information content (AvgIpc) is 2.16. The molecule has 6 heteroatoms. The summed E-state index contributed by atoms with van der Waals surface area (Å²) < 4.78 is 23.9. The van der Waals surface area contributed by atoms with E-state index >= 15 is 0 Å². The van der Waals surface area contributed by atoms with Crippen molar-refractivity contribution in [3.63, 3.8) is 0 Å². The van der Waals surface area contributed by atoms with Crippen molar-refractivity contribution in [1.82, 2.24) is 5.32 Å². The normalized spacial score (nSPS) is 13.1. The van der Waals surface area contributed by atoms with Crippen LogP contribution in [0.5, 0.6) is 0 Å². The van der Waals surface area contributed by atoms with E-state index < -0.39 is 21.3 Å². The third kappa shape index (κ3) is 2.52. The number of nitrogens with one attached hydrogen (secondary N) is 1. The number of aryl methyl sites for hydroxylation is 1. The summed E-state index contributed by atoms with van der Waals surface area (Å²) in [5.41, 5.74) is 0.599. The zero-order chi connectivity index (χ0) is 12.3. The van der Waals surface area contributed by atoms with Gasteiger partial charge in [0, 0.05) is 0 Å². The maximum Gasteiger partial charge on any atom is 0.405 e. The van der Waals surface area contributed by atoms with E-state index in [-0.39, 0.29) is 4.90 Å². The number of sulfone groups is 1. The summed E-state index contributed by atoms with van der Waals surface area (Å²) in [4.78, 5) is 10.5. The first-order valence-corrected chi connectivity index (χ1v) is 6.19. The van der Waals surface area contributed by atoms with E-state index in [4.69, 9.17) is 5.11 Å². The molecule has 0 aliphatic carbocycles. The number of amides is 1. The van der Waals surface area contributed by atoms with Crippen LogP contribution in [-0.2, 0) is 9.84 Å². The number of hydrogen-bond donors (Lipinski definition) is 2. The molecule has 0 radical (unpaired) electrons. The Morgan fingerprint density at radius 2 is 1.94 bits per heavy atom. The summed E-state index contributed by atoms with van der Waals surface area (Å²) in [6.45, 7) is 2.97. The molecule has 0 aliphatic rings. The van der Waals surface area contributed by atoms with Crippen molar-refractivity contribution in [2.45, 2.75) is 24.1 Å². The number of carboxylic acid groups (broad SMARTS) is 1. The molecule has 0 aromatic heterocycles. The summed E-state index contributed by atoms with van der Waals surface area (Å²) >= 11 is 0. The molecule has 1 rings (SSSR count). The zero-order valence-electron chi connectivity index (χ0n) is 8.97. The highest BCUT2D eigenvalue weighted by molar-refractivity contribution is 7.92. The minimum Gasteiger partial charge on any atom is -0.465 e. The quantitative estimate of drug-likeness (QED) is 0.840. The van der Waals surface area contributed by atoms with Crippen molar-refractivity contribution in [2.75, 3.05) is 0 Å². The molecule has 1 aromatic rings. The zero-order valence-corrected chi connectivity index (χ0v) is 9.78. The van der Waals surface area contributed by atoms with Crippen LogP contribution >= 0.6 is 0 Å². The van der Waals surface area contributed by atoms with Gasteiger partial charge in [-0.15, -0.1) is 0 Å². The highest BCUT2D eigenvalue weighted by Gasteiger charge is 2.25. The fourth-order valence-corrected chi connectivity index (χ4v) is 2.74. The van der Waals surface area contributed by atoms with Gasteiger partial charge in [-0.1, -0.05) is 18.2 Å². The van der Waals surface area contributed by atoms with Gasteiger partial charge < -0.3 is 10.4 Å². The first kappa shape index (κ1) is 12.5. The van der Waals surface area contributed by atoms with Crippen LogP contribution in [0.1, 0.15) is 12.5 Å². The molecule has 0 saturated carbocycles. The van der Waals surface area contributed by atoms with Gasteiger partial charge in [0.15, 0.2) is 9.84 Å². The van der Waals surface area contributed by atoms with Crippen molar-refractivity contribution in [2.24, 2.45) is 0 Å². The predicted molar refractivity (Wildman–Crippen MR) is 59.0 cm³/mol. The second-order valence-electron chi connectivity index (χ2n) is 3.40. The first-order valence-electron chi connectivity index (χ1n) is 4.64. The largest absolute Gasteiger partial charge is 0.465 e. The van der Waals surface area contributed by atoms with Gasteiger partial charge >= 0.3 is 6.09 Å². The van der Waals surface area contributed by atoms with Gasteiger partial charge in [-0.05, 0) is 25.5 Å². The topological polar surface area (TPSA) is 83.5 Å². The maximum absolute atomic E-state index is 12.0. The van der Waals surface area contributed by atoms with Crippen molar-refractivity contribution in [3.05, 3.63) is 29.8 Å². The lowest BCUT2D eigenvalue weighted by atomic mass is 10.2. The Morgan fingerprint density at radius 1 is 1.38 bits per heavy atom. The molecule has 1 aromatic carbocycles. The van der Waals surface area contributed by atoms with Crippen molar-refractivity contribution in [3.8, 4) is 0 Å². The Kier molecular flexibility index (Phi) is 3.54. The Hall–Kier alpha value is -1.56. The Labute approximate surface area is 94.0 Å². The van der Waals surface area contributed by atoms with Gasteiger partial charge in [0.05, 0.1) is 4.90 Å². The second-order valence-corrected chi connectivity index (χ2v) is 5.64. The van der Waals surface area contributed by atoms with Crippen LogP contribution in [0.15, 0.2) is 29.2 Å². The van der Waals surface area contributed by atoms with E-state index in [0.717, 1.165) is 0 Å². The molecule has 2 N–H and O–H groups in total. The lowest BCUT2D eigenvalue weighted by Crippen LogP contribution is -2.37. The molecule has 0 aliphatic heterocycles. The minimum absolute atomic E-state index is 0.149. The molecule has 0 bridgehead atoms. The van der Waals surface area contributed by atoms with Gasteiger partial charge in [0.1, 0.15) is 5.37 Å². The molecule has 0 heterocycles. The minimum atomic E-state index is -3.66. The first-order chi connectivity index (χ1) is 7.35. The number of rotatable bonds is 3. The summed E-state index contributed by atoms with van der Waals surface area (Å²) in [6, 6.07) is 6.46. The molecule has 5 nitrogen and oxygen atoms in total. The van der Waals surface area contributed by atoms with E-state index in [0.29, 0.717) is 5.56 Å². The van der Waals surface area contributed by atoms with Crippen molar-refractivity contribution < 1.29 is 18.3 Å². The smallest absolute Gasteiger partial charge is 0.405 e. The third-order valence-corrected chi connectivity index (χ3v) is 4.31. The maximum atomic E-state index is 12.0. The fraction of sp³-hybridized carbons (Fsp3) is 0.300. The van der Waals surface area contributed by atoms with Crippen molar-refractivity contribution >= 4 is 15.9 Å². The standard InChI is InChI=1S/C10H13NO4S/c1-7-5-3-4-6-9(7)16(14,15)8(2)11-10(12)13/h3-6,8,11H,1-2H3,(H,12,13). The highest BCUT2D eigenvalue weighted by atomic mass is 32.2. The van der Waals surface area contributed by atoms with E-state index in [1.54, 1.807) is 25.1 Å². The lowest BCUT2D eigenvalue weighted by Gasteiger charge is -2.14. The molecule has 16 heavy (non-hydrogen) atoms. The molecular formula is C10H13NO4S. The number of hydrogen-bond acceptors (Lipinski definition) is 3. The number of carbonyl (C=O) groups is 1. The van der Waals surface area contributed by atoms with Crippen LogP contribution in [0.3, 0.4) is 0 Å². The Balaban J connectivity index is 3.12. The summed E-state index contributed by atoms with van der Waals surface area (Å²) in [6.07, 6.45) is -1.36. The molecule has 0 saturated heterocycles. The van der Waals surface area contributed by atoms with Gasteiger partial charge in [0.2, 0.25) is 0 Å². The molecule has 0 spiro atoms. The molecule has 1 atom stereocenters.